The van der Waals surface area contributed by atoms with Crippen molar-refractivity contribution in [3.8, 4) is 5.75 Å². The summed E-state index contributed by atoms with van der Waals surface area (Å²) >= 11 is 0. The van der Waals surface area contributed by atoms with Gasteiger partial charge in [0.05, 0.1) is 13.2 Å². The molecule has 2 aromatic rings. The summed E-state index contributed by atoms with van der Waals surface area (Å²) in [6, 6.07) is 6.20. The minimum atomic E-state index is -2.86. The molecule has 1 atom stereocenters. The Balaban J connectivity index is 1.61. The number of benzene rings is 1. The third-order valence-electron chi connectivity index (χ3n) is 3.58. The van der Waals surface area contributed by atoms with Crippen LogP contribution in [-0.4, -0.2) is 57.3 Å². The first-order chi connectivity index (χ1) is 11.6. The van der Waals surface area contributed by atoms with Crippen molar-refractivity contribution in [1.82, 2.24) is 25.1 Å². The number of nitrogens with zero attached hydrogens (tertiary/aromatic N) is 5. The Hall–Kier alpha value is -2.62. The van der Waals surface area contributed by atoms with Gasteiger partial charge in [-0.25, -0.2) is 4.68 Å². The molecule has 24 heavy (non-hydrogen) atoms. The fraction of sp³-hybridized carbons (Fsp3) is 0.429. The smallest absolute Gasteiger partial charge is 0.387 e. The third kappa shape index (κ3) is 4.02. The van der Waals surface area contributed by atoms with Crippen molar-refractivity contribution in [2.24, 2.45) is 0 Å². The summed E-state index contributed by atoms with van der Waals surface area (Å²) in [7, 11) is 0. The standard InChI is InChI=1S/C14H15F2N5O3/c15-14(16)24-11-3-1-10(2-4-11)12-7-20(5-6-23-12)13(22)8-21-9-17-18-19-21/h1-4,9,12,14H,5-8H2/t12-/m0/s1. The van der Waals surface area contributed by atoms with E-state index in [1.807, 2.05) is 0 Å². The average Bonchev–Trinajstić information content (AvgIpc) is 3.08. The molecule has 0 radical (unpaired) electrons. The Kier molecular flexibility index (Phi) is 4.94. The first-order valence-corrected chi connectivity index (χ1v) is 7.27. The SMILES string of the molecule is O=C(Cn1cnnn1)N1CCO[C@H](c2ccc(OC(F)F)cc2)C1. The monoisotopic (exact) mass is 339 g/mol. The summed E-state index contributed by atoms with van der Waals surface area (Å²) in [5, 5.41) is 10.6. The van der Waals surface area contributed by atoms with Gasteiger partial charge in [-0.15, -0.1) is 5.10 Å². The molecule has 1 aliphatic heterocycles. The van der Waals surface area contributed by atoms with Crippen LogP contribution in [0.25, 0.3) is 0 Å². The number of hydrogen-bond acceptors (Lipinski definition) is 6. The highest BCUT2D eigenvalue weighted by Gasteiger charge is 2.25. The molecule has 0 saturated carbocycles. The van der Waals surface area contributed by atoms with Crippen molar-refractivity contribution in [2.75, 3.05) is 19.7 Å². The number of halogens is 2. The number of amides is 1. The van der Waals surface area contributed by atoms with Crippen LogP contribution in [-0.2, 0) is 16.1 Å². The molecule has 8 nitrogen and oxygen atoms in total. The van der Waals surface area contributed by atoms with E-state index in [1.54, 1.807) is 17.0 Å². The van der Waals surface area contributed by atoms with Crippen molar-refractivity contribution >= 4 is 5.91 Å². The van der Waals surface area contributed by atoms with Gasteiger partial charge in [-0.2, -0.15) is 8.78 Å². The Morgan fingerprint density at radius 3 is 2.83 bits per heavy atom. The number of tetrazole rings is 1. The Labute approximate surface area is 136 Å². The summed E-state index contributed by atoms with van der Waals surface area (Å²) in [6.45, 7) is -1.57. The maximum absolute atomic E-state index is 12.3. The van der Waals surface area contributed by atoms with Gasteiger partial charge in [0, 0.05) is 6.54 Å². The molecule has 128 valence electrons. The second-order valence-electron chi connectivity index (χ2n) is 5.15. The normalized spacial score (nSPS) is 18.0. The molecular weight excluding hydrogens is 324 g/mol. The van der Waals surface area contributed by atoms with Crippen molar-refractivity contribution < 1.29 is 23.0 Å². The van der Waals surface area contributed by atoms with Gasteiger partial charge in [0.2, 0.25) is 5.91 Å². The van der Waals surface area contributed by atoms with Gasteiger partial charge in [-0.3, -0.25) is 4.79 Å². The highest BCUT2D eigenvalue weighted by molar-refractivity contribution is 5.76. The van der Waals surface area contributed by atoms with Crippen LogP contribution in [0.2, 0.25) is 0 Å². The van der Waals surface area contributed by atoms with Crippen LogP contribution in [0.5, 0.6) is 5.75 Å². The lowest BCUT2D eigenvalue weighted by molar-refractivity contribution is -0.139. The number of rotatable bonds is 5. The number of morpholine rings is 1. The van der Waals surface area contributed by atoms with Gasteiger partial charge in [0.15, 0.2) is 0 Å². The lowest BCUT2D eigenvalue weighted by atomic mass is 10.1. The molecule has 0 aliphatic carbocycles. The second kappa shape index (κ2) is 7.30. The van der Waals surface area contributed by atoms with E-state index in [0.717, 1.165) is 5.56 Å². The lowest BCUT2D eigenvalue weighted by Crippen LogP contribution is -2.43. The van der Waals surface area contributed by atoms with Crippen LogP contribution in [0.4, 0.5) is 8.78 Å². The van der Waals surface area contributed by atoms with Crippen molar-refractivity contribution in [3.63, 3.8) is 0 Å². The van der Waals surface area contributed by atoms with Crippen LogP contribution in [0.1, 0.15) is 11.7 Å². The van der Waals surface area contributed by atoms with Crippen LogP contribution < -0.4 is 4.74 Å². The van der Waals surface area contributed by atoms with E-state index in [-0.39, 0.29) is 24.3 Å². The van der Waals surface area contributed by atoms with Crippen LogP contribution in [0.15, 0.2) is 30.6 Å². The van der Waals surface area contributed by atoms with Gasteiger partial charge < -0.3 is 14.4 Å². The molecule has 0 bridgehead atoms. The lowest BCUT2D eigenvalue weighted by Gasteiger charge is -2.33. The topological polar surface area (TPSA) is 82.4 Å². The molecule has 1 fully saturated rings. The van der Waals surface area contributed by atoms with E-state index in [4.69, 9.17) is 4.74 Å². The highest BCUT2D eigenvalue weighted by Crippen LogP contribution is 2.25. The second-order valence-corrected chi connectivity index (χ2v) is 5.15. The maximum atomic E-state index is 12.3. The Bertz CT molecular complexity index is 666. The zero-order chi connectivity index (χ0) is 16.9. The number of carbonyl (C=O) groups is 1. The Morgan fingerprint density at radius 1 is 1.38 bits per heavy atom. The zero-order valence-corrected chi connectivity index (χ0v) is 12.6. The number of aromatic nitrogens is 4. The van der Waals surface area contributed by atoms with E-state index >= 15 is 0 Å². The summed E-state index contributed by atoms with van der Waals surface area (Å²) in [5.74, 6) is -0.0376. The number of ether oxygens (including phenoxy) is 2. The molecule has 1 aromatic carbocycles. The minimum absolute atomic E-state index is 0.0564. The molecule has 0 N–H and O–H groups in total. The zero-order valence-electron chi connectivity index (χ0n) is 12.6. The van der Waals surface area contributed by atoms with Gasteiger partial charge in [0.25, 0.3) is 0 Å². The van der Waals surface area contributed by atoms with E-state index in [9.17, 15) is 13.6 Å². The van der Waals surface area contributed by atoms with Gasteiger partial charge in [0.1, 0.15) is 24.7 Å². The molecule has 1 saturated heterocycles. The molecule has 1 aliphatic rings. The fourth-order valence-corrected chi connectivity index (χ4v) is 2.43. The predicted molar refractivity (Wildman–Crippen MR) is 76.2 cm³/mol. The first kappa shape index (κ1) is 16.2. The molecular formula is C14H15F2N5O3. The van der Waals surface area contributed by atoms with E-state index in [0.29, 0.717) is 19.7 Å². The van der Waals surface area contributed by atoms with Gasteiger partial charge in [-0.05, 0) is 28.1 Å². The summed E-state index contributed by atoms with van der Waals surface area (Å²) in [4.78, 5) is 13.9. The maximum Gasteiger partial charge on any atom is 0.387 e. The van der Waals surface area contributed by atoms with Crippen LogP contribution in [0, 0.1) is 0 Å². The largest absolute Gasteiger partial charge is 0.435 e. The predicted octanol–water partition coefficient (Wildman–Crippen LogP) is 0.875. The first-order valence-electron chi connectivity index (χ1n) is 7.27. The highest BCUT2D eigenvalue weighted by atomic mass is 19.3. The quantitative estimate of drug-likeness (QED) is 0.804. The molecule has 3 rings (SSSR count). The molecule has 0 unspecified atom stereocenters. The molecule has 1 amide bonds. The average molecular weight is 339 g/mol. The summed E-state index contributed by atoms with van der Waals surface area (Å²) in [5.41, 5.74) is 0.788. The molecule has 1 aromatic heterocycles. The number of carbonyl (C=O) groups excluding carboxylic acids is 1. The van der Waals surface area contributed by atoms with Crippen molar-refractivity contribution in [1.29, 1.82) is 0 Å². The third-order valence-corrected chi connectivity index (χ3v) is 3.58. The van der Waals surface area contributed by atoms with E-state index in [1.165, 1.54) is 23.1 Å². The Morgan fingerprint density at radius 2 is 2.17 bits per heavy atom. The van der Waals surface area contributed by atoms with Gasteiger partial charge >= 0.3 is 6.61 Å². The van der Waals surface area contributed by atoms with E-state index in [2.05, 4.69) is 20.3 Å². The summed E-state index contributed by atoms with van der Waals surface area (Å²) in [6.07, 6.45) is 1.05. The molecule has 10 heteroatoms. The van der Waals surface area contributed by atoms with Crippen molar-refractivity contribution in [2.45, 2.75) is 19.3 Å². The minimum Gasteiger partial charge on any atom is -0.435 e. The van der Waals surface area contributed by atoms with Gasteiger partial charge in [-0.1, -0.05) is 12.1 Å². The fourth-order valence-electron chi connectivity index (χ4n) is 2.43. The molecule has 0 spiro atoms. The summed E-state index contributed by atoms with van der Waals surface area (Å²) < 4.78 is 35.7. The number of hydrogen-bond donors (Lipinski definition) is 0. The number of alkyl halides is 2. The molecule has 2 heterocycles. The van der Waals surface area contributed by atoms with Crippen LogP contribution in [0.3, 0.4) is 0 Å². The van der Waals surface area contributed by atoms with Crippen molar-refractivity contribution in [3.05, 3.63) is 36.2 Å². The van der Waals surface area contributed by atoms with E-state index < -0.39 is 6.61 Å². The van der Waals surface area contributed by atoms with Crippen LogP contribution >= 0.6 is 0 Å².